The van der Waals surface area contributed by atoms with Crippen molar-refractivity contribution < 1.29 is 9.84 Å². The van der Waals surface area contributed by atoms with Crippen LogP contribution in [0.15, 0.2) is 12.1 Å². The molecule has 1 aliphatic heterocycles. The van der Waals surface area contributed by atoms with Crippen LogP contribution in [-0.2, 0) is 6.42 Å². The molecule has 0 aliphatic carbocycles. The molecular formula is C13H19NO2. The van der Waals surface area contributed by atoms with Gasteiger partial charge in [0.25, 0.3) is 0 Å². The summed E-state index contributed by atoms with van der Waals surface area (Å²) in [6.45, 7) is 3.01. The van der Waals surface area contributed by atoms with Crippen LogP contribution >= 0.6 is 0 Å². The van der Waals surface area contributed by atoms with E-state index in [2.05, 4.69) is 6.07 Å². The Labute approximate surface area is 96.2 Å². The highest BCUT2D eigenvalue weighted by molar-refractivity contribution is 5.46. The van der Waals surface area contributed by atoms with E-state index in [9.17, 15) is 5.11 Å². The predicted octanol–water partition coefficient (Wildman–Crippen LogP) is 1.70. The molecule has 1 aliphatic rings. The number of ether oxygens (including phenoxy) is 1. The maximum absolute atomic E-state index is 9.90. The quantitative estimate of drug-likeness (QED) is 0.799. The fraction of sp³-hybridized carbons (Fsp3) is 0.538. The minimum Gasteiger partial charge on any atom is -0.493 e. The third-order valence-corrected chi connectivity index (χ3v) is 3.01. The third-order valence-electron chi connectivity index (χ3n) is 3.01. The second kappa shape index (κ2) is 4.85. The minimum atomic E-state index is -0.619. The van der Waals surface area contributed by atoms with E-state index in [0.29, 0.717) is 0 Å². The standard InChI is InChI=1S/C13H19NO2/c1-9-6-10-4-2-3-5-16-13(10)11(7-9)12(15)8-14/h6-7,12,15H,2-5,8,14H2,1H3. The number of nitrogens with two attached hydrogens (primary N) is 1. The highest BCUT2D eigenvalue weighted by atomic mass is 16.5. The Bertz CT molecular complexity index is 376. The molecule has 88 valence electrons. The number of aliphatic hydroxyl groups excluding tert-OH is 1. The van der Waals surface area contributed by atoms with E-state index in [1.165, 1.54) is 5.56 Å². The SMILES string of the molecule is Cc1cc2c(c(C(O)CN)c1)OCCCC2. The smallest absolute Gasteiger partial charge is 0.128 e. The summed E-state index contributed by atoms with van der Waals surface area (Å²) >= 11 is 0. The molecule has 3 N–H and O–H groups in total. The lowest BCUT2D eigenvalue weighted by Crippen LogP contribution is -2.14. The molecule has 0 bridgehead atoms. The highest BCUT2D eigenvalue weighted by Crippen LogP contribution is 2.33. The first-order valence-corrected chi connectivity index (χ1v) is 5.86. The molecule has 1 heterocycles. The summed E-state index contributed by atoms with van der Waals surface area (Å²) in [5, 5.41) is 9.90. The molecule has 1 unspecified atom stereocenters. The lowest BCUT2D eigenvalue weighted by atomic mass is 9.98. The molecule has 0 spiro atoms. The van der Waals surface area contributed by atoms with Crippen LogP contribution in [0.3, 0.4) is 0 Å². The van der Waals surface area contributed by atoms with Crippen molar-refractivity contribution in [1.82, 2.24) is 0 Å². The maximum Gasteiger partial charge on any atom is 0.128 e. The van der Waals surface area contributed by atoms with Crippen LogP contribution in [0, 0.1) is 6.92 Å². The van der Waals surface area contributed by atoms with Gasteiger partial charge in [-0.05, 0) is 37.8 Å². The predicted molar refractivity (Wildman–Crippen MR) is 63.6 cm³/mol. The van der Waals surface area contributed by atoms with Gasteiger partial charge in [0.05, 0.1) is 12.7 Å². The molecule has 1 aromatic rings. The van der Waals surface area contributed by atoms with E-state index in [4.69, 9.17) is 10.5 Å². The summed E-state index contributed by atoms with van der Waals surface area (Å²) in [6.07, 6.45) is 2.63. The van der Waals surface area contributed by atoms with E-state index in [0.717, 1.165) is 42.7 Å². The zero-order chi connectivity index (χ0) is 11.5. The van der Waals surface area contributed by atoms with Crippen molar-refractivity contribution in [2.45, 2.75) is 32.3 Å². The number of rotatable bonds is 2. The largest absolute Gasteiger partial charge is 0.493 e. The van der Waals surface area contributed by atoms with Gasteiger partial charge in [-0.2, -0.15) is 0 Å². The Balaban J connectivity index is 2.46. The molecule has 16 heavy (non-hydrogen) atoms. The Morgan fingerprint density at radius 2 is 2.25 bits per heavy atom. The fourth-order valence-corrected chi connectivity index (χ4v) is 2.21. The Morgan fingerprint density at radius 3 is 3.00 bits per heavy atom. The van der Waals surface area contributed by atoms with Gasteiger partial charge < -0.3 is 15.6 Å². The third kappa shape index (κ3) is 2.20. The minimum absolute atomic E-state index is 0.235. The average Bonchev–Trinajstić information content (AvgIpc) is 2.51. The van der Waals surface area contributed by atoms with Gasteiger partial charge in [-0.1, -0.05) is 11.6 Å². The van der Waals surface area contributed by atoms with Gasteiger partial charge in [0.15, 0.2) is 0 Å². The molecule has 0 radical (unpaired) electrons. The van der Waals surface area contributed by atoms with Crippen LogP contribution < -0.4 is 10.5 Å². The summed E-state index contributed by atoms with van der Waals surface area (Å²) in [5.74, 6) is 0.862. The molecule has 0 fully saturated rings. The van der Waals surface area contributed by atoms with Crippen molar-refractivity contribution in [3.05, 3.63) is 28.8 Å². The first-order chi connectivity index (χ1) is 7.72. The van der Waals surface area contributed by atoms with E-state index in [1.54, 1.807) is 0 Å². The second-order valence-corrected chi connectivity index (χ2v) is 4.40. The van der Waals surface area contributed by atoms with Crippen LogP contribution in [0.1, 0.15) is 35.6 Å². The molecular weight excluding hydrogens is 202 g/mol. The number of fused-ring (bicyclic) bond motifs is 1. The highest BCUT2D eigenvalue weighted by Gasteiger charge is 2.18. The van der Waals surface area contributed by atoms with Gasteiger partial charge >= 0.3 is 0 Å². The number of hydrogen-bond acceptors (Lipinski definition) is 3. The van der Waals surface area contributed by atoms with Gasteiger partial charge in [0.1, 0.15) is 5.75 Å². The van der Waals surface area contributed by atoms with E-state index >= 15 is 0 Å². The molecule has 1 atom stereocenters. The van der Waals surface area contributed by atoms with Crippen molar-refractivity contribution >= 4 is 0 Å². The van der Waals surface area contributed by atoms with Gasteiger partial charge in [-0.15, -0.1) is 0 Å². The number of aryl methyl sites for hydroxylation is 2. The van der Waals surface area contributed by atoms with Gasteiger partial charge in [-0.3, -0.25) is 0 Å². The van der Waals surface area contributed by atoms with E-state index in [-0.39, 0.29) is 6.54 Å². The van der Waals surface area contributed by atoms with Gasteiger partial charge in [-0.25, -0.2) is 0 Å². The van der Waals surface area contributed by atoms with Crippen LogP contribution in [0.25, 0.3) is 0 Å². The Hall–Kier alpha value is -1.06. The topological polar surface area (TPSA) is 55.5 Å². The second-order valence-electron chi connectivity index (χ2n) is 4.40. The average molecular weight is 221 g/mol. The zero-order valence-corrected chi connectivity index (χ0v) is 9.70. The van der Waals surface area contributed by atoms with E-state index in [1.807, 2.05) is 13.0 Å². The molecule has 0 saturated carbocycles. The molecule has 2 rings (SSSR count). The van der Waals surface area contributed by atoms with Crippen molar-refractivity contribution in [3.8, 4) is 5.75 Å². The van der Waals surface area contributed by atoms with Crippen molar-refractivity contribution in [2.75, 3.05) is 13.2 Å². The number of hydrogen-bond donors (Lipinski definition) is 2. The molecule has 3 nitrogen and oxygen atoms in total. The van der Waals surface area contributed by atoms with Crippen molar-refractivity contribution in [3.63, 3.8) is 0 Å². The summed E-state index contributed by atoms with van der Waals surface area (Å²) < 4.78 is 5.74. The fourth-order valence-electron chi connectivity index (χ4n) is 2.21. The van der Waals surface area contributed by atoms with Crippen LogP contribution in [0.2, 0.25) is 0 Å². The van der Waals surface area contributed by atoms with Gasteiger partial charge in [0.2, 0.25) is 0 Å². The molecule has 3 heteroatoms. The monoisotopic (exact) mass is 221 g/mol. The molecule has 0 aromatic heterocycles. The maximum atomic E-state index is 9.90. The summed E-state index contributed by atoms with van der Waals surface area (Å²) in [6, 6.07) is 4.12. The zero-order valence-electron chi connectivity index (χ0n) is 9.70. The number of aliphatic hydroxyl groups is 1. The Kier molecular flexibility index (Phi) is 3.46. The normalized spacial score (nSPS) is 17.2. The van der Waals surface area contributed by atoms with Crippen LogP contribution in [0.4, 0.5) is 0 Å². The Morgan fingerprint density at radius 1 is 1.44 bits per heavy atom. The van der Waals surface area contributed by atoms with Crippen LogP contribution in [0.5, 0.6) is 5.75 Å². The van der Waals surface area contributed by atoms with Crippen molar-refractivity contribution in [2.24, 2.45) is 5.73 Å². The lowest BCUT2D eigenvalue weighted by molar-refractivity contribution is 0.179. The first-order valence-electron chi connectivity index (χ1n) is 5.86. The van der Waals surface area contributed by atoms with Crippen molar-refractivity contribution in [1.29, 1.82) is 0 Å². The number of benzene rings is 1. The van der Waals surface area contributed by atoms with Crippen LogP contribution in [-0.4, -0.2) is 18.3 Å². The summed E-state index contributed by atoms with van der Waals surface area (Å²) in [5.41, 5.74) is 8.73. The molecule has 1 aromatic carbocycles. The van der Waals surface area contributed by atoms with Gasteiger partial charge in [0, 0.05) is 12.1 Å². The van der Waals surface area contributed by atoms with E-state index < -0.39 is 6.10 Å². The first kappa shape index (κ1) is 11.4. The lowest BCUT2D eigenvalue weighted by Gasteiger charge is -2.17. The summed E-state index contributed by atoms with van der Waals surface area (Å²) in [4.78, 5) is 0. The summed E-state index contributed by atoms with van der Waals surface area (Å²) in [7, 11) is 0. The molecule has 0 amide bonds. The molecule has 0 saturated heterocycles.